The van der Waals surface area contributed by atoms with Gasteiger partial charge in [-0.15, -0.1) is 0 Å². The highest BCUT2D eigenvalue weighted by atomic mass is 35.5. The van der Waals surface area contributed by atoms with Crippen molar-refractivity contribution < 1.29 is 21.3 Å². The van der Waals surface area contributed by atoms with E-state index in [0.29, 0.717) is 16.5 Å². The fourth-order valence-corrected chi connectivity index (χ4v) is 5.84. The third-order valence-electron chi connectivity index (χ3n) is 4.65. The van der Waals surface area contributed by atoms with Crippen LogP contribution in [0, 0.1) is 6.92 Å². The molecule has 4 aromatic rings. The molecule has 0 saturated carbocycles. The number of furan rings is 1. The van der Waals surface area contributed by atoms with Crippen LogP contribution < -0.4 is 9.44 Å². The molecule has 0 aliphatic carbocycles. The standard InChI is InChI=1S/C21H16Cl2N2O5S2/c1-13-16(23)6-4-8-20(13)31(26,27)24-17-10-9-15(22)12-18(17)25-32(28,29)21-11-14-5-2-3-7-19(14)30-21/h2-12,24-25H,1H3. The van der Waals surface area contributed by atoms with E-state index in [4.69, 9.17) is 27.6 Å². The van der Waals surface area contributed by atoms with Gasteiger partial charge in [0.1, 0.15) is 5.58 Å². The third kappa shape index (κ3) is 4.42. The van der Waals surface area contributed by atoms with Crippen molar-refractivity contribution in [1.29, 1.82) is 0 Å². The highest BCUT2D eigenvalue weighted by molar-refractivity contribution is 7.93. The van der Waals surface area contributed by atoms with Crippen LogP contribution in [-0.2, 0) is 20.0 Å². The molecule has 0 aliphatic heterocycles. The van der Waals surface area contributed by atoms with E-state index >= 15 is 0 Å². The number of fused-ring (bicyclic) bond motifs is 1. The molecule has 0 fully saturated rings. The molecule has 0 radical (unpaired) electrons. The number of halogens is 2. The summed E-state index contributed by atoms with van der Waals surface area (Å²) in [7, 11) is -8.26. The molecular formula is C21H16Cl2N2O5S2. The van der Waals surface area contributed by atoms with E-state index < -0.39 is 20.0 Å². The summed E-state index contributed by atoms with van der Waals surface area (Å²) in [5.41, 5.74) is 0.672. The maximum absolute atomic E-state index is 13.0. The van der Waals surface area contributed by atoms with Gasteiger partial charge in [-0.25, -0.2) is 8.42 Å². The predicted molar refractivity (Wildman–Crippen MR) is 125 cm³/mol. The molecule has 3 aromatic carbocycles. The van der Waals surface area contributed by atoms with Crippen LogP contribution >= 0.6 is 23.2 Å². The van der Waals surface area contributed by atoms with E-state index in [0.717, 1.165) is 0 Å². The van der Waals surface area contributed by atoms with Gasteiger partial charge in [0.05, 0.1) is 16.3 Å². The first-order valence-electron chi connectivity index (χ1n) is 9.16. The summed E-state index contributed by atoms with van der Waals surface area (Å²) in [6.45, 7) is 1.57. The second-order valence-corrected chi connectivity index (χ2v) is 11.0. The predicted octanol–water partition coefficient (Wildman–Crippen LogP) is 5.65. The van der Waals surface area contributed by atoms with Crippen molar-refractivity contribution in [2.45, 2.75) is 16.9 Å². The number of rotatable bonds is 6. The number of hydrogen-bond donors (Lipinski definition) is 2. The minimum Gasteiger partial charge on any atom is -0.443 e. The van der Waals surface area contributed by atoms with Crippen molar-refractivity contribution >= 4 is 65.6 Å². The molecule has 1 aromatic heterocycles. The van der Waals surface area contributed by atoms with Gasteiger partial charge in [0, 0.05) is 21.5 Å². The van der Waals surface area contributed by atoms with Gasteiger partial charge in [0.2, 0.25) is 5.09 Å². The second-order valence-electron chi connectivity index (χ2n) is 6.87. The second kappa shape index (κ2) is 8.32. The first kappa shape index (κ1) is 22.5. The minimum atomic E-state index is -4.18. The lowest BCUT2D eigenvalue weighted by molar-refractivity contribution is 0.484. The Morgan fingerprint density at radius 3 is 2.25 bits per heavy atom. The average Bonchev–Trinajstić information content (AvgIpc) is 3.17. The Hall–Kier alpha value is -2.72. The molecule has 2 N–H and O–H groups in total. The lowest BCUT2D eigenvalue weighted by Gasteiger charge is -2.15. The highest BCUT2D eigenvalue weighted by Crippen LogP contribution is 2.32. The summed E-state index contributed by atoms with van der Waals surface area (Å²) in [5.74, 6) is 0. The van der Waals surface area contributed by atoms with Crippen molar-refractivity contribution in [3.8, 4) is 0 Å². The van der Waals surface area contributed by atoms with Crippen molar-refractivity contribution in [3.63, 3.8) is 0 Å². The van der Waals surface area contributed by atoms with Gasteiger partial charge < -0.3 is 4.42 Å². The smallest absolute Gasteiger partial charge is 0.295 e. The molecule has 0 spiro atoms. The van der Waals surface area contributed by atoms with Crippen LogP contribution in [-0.4, -0.2) is 16.8 Å². The zero-order chi connectivity index (χ0) is 23.1. The molecule has 0 aliphatic rings. The zero-order valence-corrected chi connectivity index (χ0v) is 19.6. The first-order valence-corrected chi connectivity index (χ1v) is 12.9. The largest absolute Gasteiger partial charge is 0.443 e. The summed E-state index contributed by atoms with van der Waals surface area (Å²) in [5, 5.41) is 0.776. The highest BCUT2D eigenvalue weighted by Gasteiger charge is 2.24. The molecule has 0 bridgehead atoms. The van der Waals surface area contributed by atoms with E-state index in [1.165, 1.54) is 36.4 Å². The first-order chi connectivity index (χ1) is 15.1. The van der Waals surface area contributed by atoms with Crippen molar-refractivity contribution in [3.05, 3.63) is 82.3 Å². The molecule has 32 heavy (non-hydrogen) atoms. The van der Waals surface area contributed by atoms with Gasteiger partial charge >= 0.3 is 0 Å². The Balaban J connectivity index is 1.71. The number of anilines is 2. The van der Waals surface area contributed by atoms with Gasteiger partial charge in [0.15, 0.2) is 0 Å². The summed E-state index contributed by atoms with van der Waals surface area (Å²) in [6.07, 6.45) is 0. The van der Waals surface area contributed by atoms with Gasteiger partial charge in [-0.1, -0.05) is 47.5 Å². The van der Waals surface area contributed by atoms with Crippen LogP contribution in [0.15, 0.2) is 81.1 Å². The van der Waals surface area contributed by atoms with E-state index in [-0.39, 0.29) is 31.4 Å². The Labute approximate surface area is 195 Å². The Bertz CT molecular complexity index is 1510. The van der Waals surface area contributed by atoms with Gasteiger partial charge in [-0.2, -0.15) is 8.42 Å². The van der Waals surface area contributed by atoms with Crippen molar-refractivity contribution in [2.24, 2.45) is 0 Å². The normalized spacial score (nSPS) is 12.1. The van der Waals surface area contributed by atoms with E-state index in [2.05, 4.69) is 9.44 Å². The Morgan fingerprint density at radius 2 is 1.50 bits per heavy atom. The van der Waals surface area contributed by atoms with Gasteiger partial charge in [-0.3, -0.25) is 9.44 Å². The number of benzene rings is 3. The summed E-state index contributed by atoms with van der Waals surface area (Å²) < 4.78 is 62.0. The lowest BCUT2D eigenvalue weighted by Crippen LogP contribution is -2.18. The van der Waals surface area contributed by atoms with Gasteiger partial charge in [-0.05, 0) is 48.9 Å². The van der Waals surface area contributed by atoms with Crippen LogP contribution in [0.4, 0.5) is 11.4 Å². The SMILES string of the molecule is Cc1c(Cl)cccc1S(=O)(=O)Nc1ccc(Cl)cc1NS(=O)(=O)c1cc2ccccc2o1. The van der Waals surface area contributed by atoms with Crippen LogP contribution in [0.2, 0.25) is 10.0 Å². The third-order valence-corrected chi connectivity index (χ3v) is 8.02. The molecule has 4 rings (SSSR count). The fraction of sp³-hybridized carbons (Fsp3) is 0.0476. The van der Waals surface area contributed by atoms with Crippen molar-refractivity contribution in [1.82, 2.24) is 0 Å². The maximum Gasteiger partial charge on any atom is 0.295 e. The Morgan fingerprint density at radius 1 is 0.781 bits per heavy atom. The number of para-hydroxylation sites is 1. The maximum atomic E-state index is 13.0. The summed E-state index contributed by atoms with van der Waals surface area (Å²) in [6, 6.07) is 16.8. The average molecular weight is 511 g/mol. The van der Waals surface area contributed by atoms with Crippen LogP contribution in [0.25, 0.3) is 11.0 Å². The van der Waals surface area contributed by atoms with Crippen LogP contribution in [0.3, 0.4) is 0 Å². The fourth-order valence-electron chi connectivity index (χ4n) is 3.05. The van der Waals surface area contributed by atoms with Crippen molar-refractivity contribution in [2.75, 3.05) is 9.44 Å². The van der Waals surface area contributed by atoms with Gasteiger partial charge in [0.25, 0.3) is 20.0 Å². The molecule has 0 saturated heterocycles. The lowest BCUT2D eigenvalue weighted by atomic mass is 10.2. The molecule has 0 unspecified atom stereocenters. The number of sulfonamides is 2. The molecule has 166 valence electrons. The number of hydrogen-bond acceptors (Lipinski definition) is 5. The molecular weight excluding hydrogens is 495 g/mol. The Kier molecular flexibility index (Phi) is 5.85. The zero-order valence-electron chi connectivity index (χ0n) is 16.5. The van der Waals surface area contributed by atoms with E-state index in [1.807, 2.05) is 0 Å². The molecule has 1 heterocycles. The quantitative estimate of drug-likeness (QED) is 0.348. The molecule has 7 nitrogen and oxygen atoms in total. The van der Waals surface area contributed by atoms with E-state index in [9.17, 15) is 16.8 Å². The molecule has 0 amide bonds. The van der Waals surface area contributed by atoms with Crippen LogP contribution in [0.5, 0.6) is 0 Å². The van der Waals surface area contributed by atoms with E-state index in [1.54, 1.807) is 37.3 Å². The summed E-state index contributed by atoms with van der Waals surface area (Å²) in [4.78, 5) is -0.0361. The topological polar surface area (TPSA) is 105 Å². The number of nitrogens with one attached hydrogen (secondary N) is 2. The molecule has 0 atom stereocenters. The minimum absolute atomic E-state index is 0.0199. The molecule has 11 heteroatoms. The summed E-state index contributed by atoms with van der Waals surface area (Å²) >= 11 is 12.1. The van der Waals surface area contributed by atoms with Crippen LogP contribution in [0.1, 0.15) is 5.56 Å². The monoisotopic (exact) mass is 510 g/mol.